The van der Waals surface area contributed by atoms with E-state index in [2.05, 4.69) is 4.72 Å². The summed E-state index contributed by atoms with van der Waals surface area (Å²) in [4.78, 5) is 14.9. The highest BCUT2D eigenvalue weighted by atomic mass is 35.5. The summed E-state index contributed by atoms with van der Waals surface area (Å²) in [7, 11) is -3.99. The van der Waals surface area contributed by atoms with Gasteiger partial charge < -0.3 is 9.32 Å². The first kappa shape index (κ1) is 21.7. The number of sulfonamides is 1. The molecule has 0 atom stereocenters. The number of piperidine rings is 1. The topological polar surface area (TPSA) is 79.6 Å². The zero-order chi connectivity index (χ0) is 22.3. The van der Waals surface area contributed by atoms with Crippen molar-refractivity contribution in [3.05, 3.63) is 57.8 Å². The standard InChI is InChI=1S/C23H25ClN2O4S/c1-14-12-19-16(3)20(23(27)26-10-5-4-6-11-26)30-21(19)22(15(14)2)31(28,29)25-18-9-7-8-17(24)13-18/h7-9,12-13,25H,4-6,10-11H2,1-3H3. The van der Waals surface area contributed by atoms with Gasteiger partial charge in [0.15, 0.2) is 11.3 Å². The number of anilines is 1. The van der Waals surface area contributed by atoms with Crippen LogP contribution in [0.2, 0.25) is 5.02 Å². The lowest BCUT2D eigenvalue weighted by atomic mass is 10.0. The molecule has 164 valence electrons. The molecule has 0 spiro atoms. The maximum atomic E-state index is 13.4. The Balaban J connectivity index is 1.85. The van der Waals surface area contributed by atoms with E-state index in [9.17, 15) is 13.2 Å². The summed E-state index contributed by atoms with van der Waals surface area (Å²) in [5, 5.41) is 1.06. The highest BCUT2D eigenvalue weighted by Gasteiger charge is 2.30. The Kier molecular flexibility index (Phi) is 5.75. The maximum absolute atomic E-state index is 13.4. The third kappa shape index (κ3) is 4.04. The molecule has 8 heteroatoms. The molecule has 1 aliphatic rings. The van der Waals surface area contributed by atoms with E-state index in [1.54, 1.807) is 43.0 Å². The van der Waals surface area contributed by atoms with Gasteiger partial charge in [-0.2, -0.15) is 0 Å². The number of aryl methyl sites for hydroxylation is 2. The van der Waals surface area contributed by atoms with E-state index in [4.69, 9.17) is 16.0 Å². The van der Waals surface area contributed by atoms with Gasteiger partial charge in [-0.25, -0.2) is 8.42 Å². The van der Waals surface area contributed by atoms with E-state index in [0.717, 1.165) is 24.8 Å². The molecule has 31 heavy (non-hydrogen) atoms. The van der Waals surface area contributed by atoms with Crippen LogP contribution in [0.4, 0.5) is 5.69 Å². The largest absolute Gasteiger partial charge is 0.449 e. The van der Waals surface area contributed by atoms with Gasteiger partial charge in [-0.05, 0) is 75.4 Å². The van der Waals surface area contributed by atoms with E-state index < -0.39 is 10.0 Å². The fraction of sp³-hybridized carbons (Fsp3) is 0.348. The number of nitrogens with one attached hydrogen (secondary N) is 1. The number of carbonyl (C=O) groups is 1. The van der Waals surface area contributed by atoms with Crippen LogP contribution in [-0.4, -0.2) is 32.3 Å². The molecule has 1 N–H and O–H groups in total. The first-order chi connectivity index (χ1) is 14.7. The smallest absolute Gasteiger partial charge is 0.289 e. The number of rotatable bonds is 4. The van der Waals surface area contributed by atoms with Crippen LogP contribution in [0.1, 0.15) is 46.5 Å². The SMILES string of the molecule is Cc1cc2c(C)c(C(=O)N3CCCCC3)oc2c(S(=O)(=O)Nc2cccc(Cl)c2)c1C. The Bertz CT molecular complexity index is 1270. The summed E-state index contributed by atoms with van der Waals surface area (Å²) in [5.74, 6) is 0.0240. The van der Waals surface area contributed by atoms with Crippen molar-refractivity contribution in [1.82, 2.24) is 4.90 Å². The minimum Gasteiger partial charge on any atom is -0.449 e. The van der Waals surface area contributed by atoms with Crippen LogP contribution in [-0.2, 0) is 10.0 Å². The number of halogens is 1. The van der Waals surface area contributed by atoms with Crippen LogP contribution in [0.3, 0.4) is 0 Å². The molecule has 0 bridgehead atoms. The fourth-order valence-electron chi connectivity index (χ4n) is 4.07. The molecule has 6 nitrogen and oxygen atoms in total. The van der Waals surface area contributed by atoms with Crippen molar-refractivity contribution < 1.29 is 17.6 Å². The highest BCUT2D eigenvalue weighted by molar-refractivity contribution is 7.93. The number of carbonyl (C=O) groups excluding carboxylic acids is 1. The van der Waals surface area contributed by atoms with Crippen molar-refractivity contribution in [2.24, 2.45) is 0 Å². The Hall–Kier alpha value is -2.51. The number of hydrogen-bond donors (Lipinski definition) is 1. The van der Waals surface area contributed by atoms with E-state index in [-0.39, 0.29) is 22.1 Å². The summed E-state index contributed by atoms with van der Waals surface area (Å²) in [6.45, 7) is 6.78. The van der Waals surface area contributed by atoms with Crippen molar-refractivity contribution in [3.8, 4) is 0 Å². The molecule has 2 aromatic carbocycles. The van der Waals surface area contributed by atoms with Gasteiger partial charge in [-0.15, -0.1) is 0 Å². The Morgan fingerprint density at radius 2 is 1.77 bits per heavy atom. The van der Waals surface area contributed by atoms with Crippen molar-refractivity contribution >= 4 is 44.2 Å². The third-order valence-electron chi connectivity index (χ3n) is 5.88. The first-order valence-corrected chi connectivity index (χ1v) is 12.2. The maximum Gasteiger partial charge on any atom is 0.289 e. The number of nitrogens with zero attached hydrogens (tertiary/aromatic N) is 1. The second-order valence-electron chi connectivity index (χ2n) is 8.05. The van der Waals surface area contributed by atoms with Crippen LogP contribution in [0.25, 0.3) is 11.0 Å². The first-order valence-electron chi connectivity index (χ1n) is 10.3. The normalized spacial score (nSPS) is 14.8. The molecule has 1 saturated heterocycles. The lowest BCUT2D eigenvalue weighted by molar-refractivity contribution is 0.0693. The predicted molar refractivity (Wildman–Crippen MR) is 122 cm³/mol. The molecular formula is C23H25ClN2O4S. The van der Waals surface area contributed by atoms with Gasteiger partial charge in [0.1, 0.15) is 4.90 Å². The van der Waals surface area contributed by atoms with Gasteiger partial charge in [0, 0.05) is 29.1 Å². The molecule has 0 aliphatic carbocycles. The van der Waals surface area contributed by atoms with E-state index in [1.807, 2.05) is 13.0 Å². The van der Waals surface area contributed by atoms with Crippen molar-refractivity contribution in [2.45, 2.75) is 44.9 Å². The molecule has 0 saturated carbocycles. The molecule has 1 fully saturated rings. The van der Waals surface area contributed by atoms with Gasteiger partial charge in [0.05, 0.1) is 5.69 Å². The zero-order valence-corrected chi connectivity index (χ0v) is 19.4. The van der Waals surface area contributed by atoms with E-state index in [1.165, 1.54) is 0 Å². The number of furan rings is 1. The van der Waals surface area contributed by atoms with Gasteiger partial charge in [-0.1, -0.05) is 17.7 Å². The molecular weight excluding hydrogens is 436 g/mol. The fourth-order valence-corrected chi connectivity index (χ4v) is 5.76. The van der Waals surface area contributed by atoms with Gasteiger partial charge >= 0.3 is 0 Å². The van der Waals surface area contributed by atoms with Crippen LogP contribution in [0, 0.1) is 20.8 Å². The predicted octanol–water partition coefficient (Wildman–Crippen LogP) is 5.44. The average Bonchev–Trinajstić information content (AvgIpc) is 3.04. The van der Waals surface area contributed by atoms with Crippen molar-refractivity contribution in [3.63, 3.8) is 0 Å². The molecule has 2 heterocycles. The van der Waals surface area contributed by atoms with Crippen molar-refractivity contribution in [2.75, 3.05) is 17.8 Å². The van der Waals surface area contributed by atoms with Gasteiger partial charge in [0.2, 0.25) is 0 Å². The molecule has 3 aromatic rings. The summed E-state index contributed by atoms with van der Waals surface area (Å²) in [5.41, 5.74) is 2.60. The number of hydrogen-bond acceptors (Lipinski definition) is 4. The second kappa shape index (κ2) is 8.20. The number of fused-ring (bicyclic) bond motifs is 1. The average molecular weight is 461 g/mol. The minimum absolute atomic E-state index is 0.0447. The lowest BCUT2D eigenvalue weighted by Crippen LogP contribution is -2.35. The molecule has 1 amide bonds. The minimum atomic E-state index is -3.99. The second-order valence-corrected chi connectivity index (χ2v) is 10.1. The summed E-state index contributed by atoms with van der Waals surface area (Å²) in [6.07, 6.45) is 3.04. The zero-order valence-electron chi connectivity index (χ0n) is 17.8. The third-order valence-corrected chi connectivity index (χ3v) is 7.64. The van der Waals surface area contributed by atoms with Crippen LogP contribution < -0.4 is 4.72 Å². The van der Waals surface area contributed by atoms with E-state index >= 15 is 0 Å². The summed E-state index contributed by atoms with van der Waals surface area (Å²) < 4.78 is 35.3. The number of benzene rings is 2. The van der Waals surface area contributed by atoms with Crippen LogP contribution in [0.5, 0.6) is 0 Å². The Morgan fingerprint density at radius 1 is 1.06 bits per heavy atom. The number of likely N-dealkylation sites (tertiary alicyclic amines) is 1. The van der Waals surface area contributed by atoms with Crippen LogP contribution in [0.15, 0.2) is 39.6 Å². The molecule has 1 aromatic heterocycles. The Labute approximate surface area is 187 Å². The van der Waals surface area contributed by atoms with Gasteiger partial charge in [-0.3, -0.25) is 9.52 Å². The Morgan fingerprint density at radius 3 is 2.45 bits per heavy atom. The highest BCUT2D eigenvalue weighted by Crippen LogP contribution is 2.36. The molecule has 0 unspecified atom stereocenters. The summed E-state index contributed by atoms with van der Waals surface area (Å²) in [6, 6.07) is 8.40. The van der Waals surface area contributed by atoms with Crippen molar-refractivity contribution in [1.29, 1.82) is 0 Å². The molecule has 1 aliphatic heterocycles. The monoisotopic (exact) mass is 460 g/mol. The molecule has 4 rings (SSSR count). The summed E-state index contributed by atoms with van der Waals surface area (Å²) >= 11 is 6.01. The quantitative estimate of drug-likeness (QED) is 0.562. The lowest BCUT2D eigenvalue weighted by Gasteiger charge is -2.25. The molecule has 0 radical (unpaired) electrons. The van der Waals surface area contributed by atoms with E-state index in [0.29, 0.717) is 40.3 Å². The number of amides is 1. The van der Waals surface area contributed by atoms with Gasteiger partial charge in [0.25, 0.3) is 15.9 Å². The van der Waals surface area contributed by atoms with Crippen LogP contribution >= 0.6 is 11.6 Å².